The quantitative estimate of drug-likeness (QED) is 0.781. The molecular formula is C12H13N3O4S2. The third-order valence-corrected chi connectivity index (χ3v) is 4.59. The zero-order valence-electron chi connectivity index (χ0n) is 11.1. The average Bonchev–Trinajstić information content (AvgIpc) is 2.98. The van der Waals surface area contributed by atoms with E-state index in [9.17, 15) is 13.2 Å². The molecule has 2 rings (SSSR count). The van der Waals surface area contributed by atoms with Gasteiger partial charge in [-0.25, -0.2) is 23.6 Å². The Morgan fingerprint density at radius 1 is 1.38 bits per heavy atom. The topological polar surface area (TPSA) is 97.4 Å². The lowest BCUT2D eigenvalue weighted by atomic mass is 10.3. The summed E-state index contributed by atoms with van der Waals surface area (Å²) in [5.41, 5.74) is 2.86. The summed E-state index contributed by atoms with van der Waals surface area (Å²) in [7, 11) is -3.54. The van der Waals surface area contributed by atoms with Gasteiger partial charge in [-0.2, -0.15) is 11.3 Å². The third-order valence-electron chi connectivity index (χ3n) is 2.35. The van der Waals surface area contributed by atoms with Gasteiger partial charge in [-0.1, -0.05) is 6.07 Å². The number of aromatic nitrogens is 1. The van der Waals surface area contributed by atoms with Crippen molar-refractivity contribution in [2.45, 2.75) is 18.4 Å². The zero-order valence-corrected chi connectivity index (χ0v) is 12.7. The number of carbonyl (C=O) groups excluding carboxylic acids is 1. The average molecular weight is 327 g/mol. The van der Waals surface area contributed by atoms with Gasteiger partial charge in [-0.15, -0.1) is 0 Å². The maximum atomic E-state index is 11.9. The molecule has 0 aliphatic heterocycles. The standard InChI is InChI=1S/C12H13N3O4S2/c1-9(16)19-15-12-4-2-3-10(14-12)7-13-21(17,18)11-5-6-20-8-11/h2-6,8,13H,7H2,1H3,(H,14,15). The van der Waals surface area contributed by atoms with Crippen molar-refractivity contribution in [3.8, 4) is 0 Å². The maximum Gasteiger partial charge on any atom is 0.329 e. The Morgan fingerprint density at radius 3 is 2.86 bits per heavy atom. The molecule has 0 saturated carbocycles. The van der Waals surface area contributed by atoms with Crippen LogP contribution in [-0.4, -0.2) is 19.4 Å². The summed E-state index contributed by atoms with van der Waals surface area (Å²) >= 11 is 1.31. The van der Waals surface area contributed by atoms with Gasteiger partial charge < -0.3 is 4.84 Å². The first-order chi connectivity index (χ1) is 9.97. The van der Waals surface area contributed by atoms with E-state index in [-0.39, 0.29) is 11.4 Å². The molecule has 0 aliphatic carbocycles. The summed E-state index contributed by atoms with van der Waals surface area (Å²) in [5, 5.41) is 3.24. The van der Waals surface area contributed by atoms with Crippen molar-refractivity contribution >= 4 is 33.1 Å². The molecule has 0 unspecified atom stereocenters. The zero-order chi connectivity index (χ0) is 15.3. The summed E-state index contributed by atoms with van der Waals surface area (Å²) in [5.74, 6) is -0.183. The summed E-state index contributed by atoms with van der Waals surface area (Å²) < 4.78 is 26.3. The lowest BCUT2D eigenvalue weighted by molar-refractivity contribution is -0.138. The molecule has 0 aliphatic rings. The number of hydrogen-bond donors (Lipinski definition) is 2. The lowest BCUT2D eigenvalue weighted by Crippen LogP contribution is -2.23. The van der Waals surface area contributed by atoms with Crippen molar-refractivity contribution in [2.24, 2.45) is 0 Å². The molecule has 2 N–H and O–H groups in total. The Balaban J connectivity index is 2.00. The summed E-state index contributed by atoms with van der Waals surface area (Å²) in [4.78, 5) is 19.6. The molecule has 21 heavy (non-hydrogen) atoms. The molecule has 2 heterocycles. The van der Waals surface area contributed by atoms with Crippen LogP contribution in [0, 0.1) is 0 Å². The van der Waals surface area contributed by atoms with Gasteiger partial charge in [0.05, 0.1) is 17.1 Å². The highest BCUT2D eigenvalue weighted by Gasteiger charge is 2.14. The SMILES string of the molecule is CC(=O)ONc1cccc(CNS(=O)(=O)c2ccsc2)n1. The maximum absolute atomic E-state index is 11.9. The van der Waals surface area contributed by atoms with Gasteiger partial charge in [0.2, 0.25) is 10.0 Å². The number of anilines is 1. The molecule has 0 fully saturated rings. The number of hydrogen-bond acceptors (Lipinski definition) is 7. The van der Waals surface area contributed by atoms with Crippen molar-refractivity contribution in [1.29, 1.82) is 0 Å². The van der Waals surface area contributed by atoms with E-state index >= 15 is 0 Å². The molecule has 2 aromatic rings. The second-order valence-electron chi connectivity index (χ2n) is 3.99. The molecule has 0 aromatic carbocycles. The second-order valence-corrected chi connectivity index (χ2v) is 6.54. The van der Waals surface area contributed by atoms with E-state index in [4.69, 9.17) is 0 Å². The molecule has 0 atom stereocenters. The number of sulfonamides is 1. The molecular weight excluding hydrogens is 314 g/mol. The minimum Gasteiger partial charge on any atom is -0.342 e. The van der Waals surface area contributed by atoms with E-state index in [0.29, 0.717) is 11.5 Å². The van der Waals surface area contributed by atoms with Crippen molar-refractivity contribution in [3.05, 3.63) is 40.7 Å². The van der Waals surface area contributed by atoms with Crippen molar-refractivity contribution in [3.63, 3.8) is 0 Å². The Hall–Kier alpha value is -1.97. The number of pyridine rings is 1. The van der Waals surface area contributed by atoms with Gasteiger partial charge >= 0.3 is 5.97 Å². The lowest BCUT2D eigenvalue weighted by Gasteiger charge is -2.07. The van der Waals surface area contributed by atoms with Crippen LogP contribution in [0.4, 0.5) is 5.82 Å². The fraction of sp³-hybridized carbons (Fsp3) is 0.167. The highest BCUT2D eigenvalue weighted by molar-refractivity contribution is 7.89. The second kappa shape index (κ2) is 6.66. The largest absolute Gasteiger partial charge is 0.342 e. The van der Waals surface area contributed by atoms with E-state index in [1.54, 1.807) is 29.0 Å². The van der Waals surface area contributed by atoms with Gasteiger partial charge in [-0.3, -0.25) is 4.79 Å². The monoisotopic (exact) mass is 327 g/mol. The first-order valence-electron chi connectivity index (χ1n) is 5.88. The van der Waals surface area contributed by atoms with Gasteiger partial charge in [0.1, 0.15) is 0 Å². The summed E-state index contributed by atoms with van der Waals surface area (Å²) in [6.45, 7) is 1.29. The van der Waals surface area contributed by atoms with Crippen LogP contribution in [0.3, 0.4) is 0 Å². The van der Waals surface area contributed by atoms with Gasteiger partial charge in [0, 0.05) is 12.3 Å². The molecule has 0 radical (unpaired) electrons. The van der Waals surface area contributed by atoms with Crippen LogP contribution in [0.2, 0.25) is 0 Å². The van der Waals surface area contributed by atoms with E-state index in [1.807, 2.05) is 0 Å². The van der Waals surface area contributed by atoms with Crippen molar-refractivity contribution in [1.82, 2.24) is 9.71 Å². The number of thiophene rings is 1. The van der Waals surface area contributed by atoms with Gasteiger partial charge in [0.25, 0.3) is 0 Å². The third kappa shape index (κ3) is 4.52. The number of carbonyl (C=O) groups is 1. The van der Waals surface area contributed by atoms with E-state index < -0.39 is 16.0 Å². The predicted octanol–water partition coefficient (Wildman–Crippen LogP) is 1.51. The van der Waals surface area contributed by atoms with E-state index in [1.165, 1.54) is 24.3 Å². The Labute approximate surface area is 126 Å². The number of nitrogens with one attached hydrogen (secondary N) is 2. The molecule has 0 amide bonds. The molecule has 9 heteroatoms. The van der Waals surface area contributed by atoms with E-state index in [0.717, 1.165) is 0 Å². The minimum atomic E-state index is -3.54. The van der Waals surface area contributed by atoms with Crippen LogP contribution in [-0.2, 0) is 26.2 Å². The molecule has 2 aromatic heterocycles. The van der Waals surface area contributed by atoms with Gasteiger partial charge in [0.15, 0.2) is 5.82 Å². The minimum absolute atomic E-state index is 0.0355. The molecule has 7 nitrogen and oxygen atoms in total. The first-order valence-corrected chi connectivity index (χ1v) is 8.31. The van der Waals surface area contributed by atoms with Crippen LogP contribution < -0.4 is 10.2 Å². The Morgan fingerprint density at radius 2 is 2.19 bits per heavy atom. The Bertz CT molecular complexity index is 714. The van der Waals surface area contributed by atoms with Crippen LogP contribution in [0.5, 0.6) is 0 Å². The number of nitrogens with zero attached hydrogens (tertiary/aromatic N) is 1. The van der Waals surface area contributed by atoms with E-state index in [2.05, 4.69) is 20.0 Å². The fourth-order valence-electron chi connectivity index (χ4n) is 1.42. The molecule has 0 spiro atoms. The van der Waals surface area contributed by atoms with Crippen LogP contribution in [0.25, 0.3) is 0 Å². The summed E-state index contributed by atoms with van der Waals surface area (Å²) in [6.07, 6.45) is 0. The van der Waals surface area contributed by atoms with Crippen LogP contribution in [0.15, 0.2) is 39.9 Å². The number of rotatable bonds is 6. The van der Waals surface area contributed by atoms with Crippen LogP contribution >= 0.6 is 11.3 Å². The molecule has 112 valence electrons. The highest BCUT2D eigenvalue weighted by Crippen LogP contribution is 2.13. The first kappa shape index (κ1) is 15.4. The summed E-state index contributed by atoms with van der Waals surface area (Å²) in [6, 6.07) is 6.46. The van der Waals surface area contributed by atoms with Crippen LogP contribution in [0.1, 0.15) is 12.6 Å². The van der Waals surface area contributed by atoms with Gasteiger partial charge in [-0.05, 0) is 23.6 Å². The van der Waals surface area contributed by atoms with Crippen molar-refractivity contribution < 1.29 is 18.0 Å². The Kier molecular flexibility index (Phi) is 4.89. The van der Waals surface area contributed by atoms with Crippen molar-refractivity contribution in [2.75, 3.05) is 5.48 Å². The fourth-order valence-corrected chi connectivity index (χ4v) is 3.44. The smallest absolute Gasteiger partial charge is 0.329 e. The normalized spacial score (nSPS) is 11.1. The highest BCUT2D eigenvalue weighted by atomic mass is 32.2. The molecule has 0 bridgehead atoms. The molecule has 0 saturated heterocycles. The predicted molar refractivity (Wildman–Crippen MR) is 78.0 cm³/mol.